The van der Waals surface area contributed by atoms with Gasteiger partial charge in [0.2, 0.25) is 0 Å². The van der Waals surface area contributed by atoms with Crippen molar-refractivity contribution in [3.8, 4) is 0 Å². The molecular formula is C14H20ClNO4S. The molecule has 0 amide bonds. The summed E-state index contributed by atoms with van der Waals surface area (Å²) in [4.78, 5) is 11.0. The van der Waals surface area contributed by atoms with Crippen molar-refractivity contribution >= 4 is 29.1 Å². The third-order valence-electron chi connectivity index (χ3n) is 3.38. The van der Waals surface area contributed by atoms with E-state index in [0.29, 0.717) is 0 Å². The van der Waals surface area contributed by atoms with Gasteiger partial charge in [0.1, 0.15) is 16.8 Å². The summed E-state index contributed by atoms with van der Waals surface area (Å²) in [5.74, 6) is -0.172. The van der Waals surface area contributed by atoms with Crippen LogP contribution in [0.25, 0.3) is 0 Å². The molecule has 1 aromatic carbocycles. The van der Waals surface area contributed by atoms with E-state index in [1.165, 1.54) is 6.92 Å². The van der Waals surface area contributed by atoms with Gasteiger partial charge in [-0.25, -0.2) is 8.42 Å². The van der Waals surface area contributed by atoms with Crippen LogP contribution < -0.4 is 5.32 Å². The minimum Gasteiger partial charge on any atom is -0.462 e. The molecule has 0 aromatic heterocycles. The predicted octanol–water partition coefficient (Wildman–Crippen LogP) is 1.58. The van der Waals surface area contributed by atoms with Crippen molar-refractivity contribution in [2.24, 2.45) is 0 Å². The third-order valence-corrected chi connectivity index (χ3v) is 4.01. The molecule has 1 aromatic rings. The molecule has 1 aliphatic rings. The molecule has 0 saturated carbocycles. The number of esters is 1. The second-order valence-corrected chi connectivity index (χ2v) is 5.98. The Labute approximate surface area is 132 Å². The largest absolute Gasteiger partial charge is 0.462 e. The molecule has 1 heterocycles. The van der Waals surface area contributed by atoms with Crippen LogP contribution in [0.3, 0.4) is 0 Å². The Bertz CT molecular complexity index is 536. The van der Waals surface area contributed by atoms with Crippen LogP contribution in [-0.2, 0) is 26.0 Å². The average Bonchev–Trinajstić information content (AvgIpc) is 2.38. The van der Waals surface area contributed by atoms with Crippen molar-refractivity contribution in [2.75, 3.05) is 6.54 Å². The lowest BCUT2D eigenvalue weighted by atomic mass is 9.95. The maximum atomic E-state index is 11.0. The molecule has 5 nitrogen and oxygen atoms in total. The van der Waals surface area contributed by atoms with E-state index in [0.717, 1.165) is 30.5 Å². The van der Waals surface area contributed by atoms with Crippen molar-refractivity contribution < 1.29 is 17.9 Å². The number of hydrogen-bond acceptors (Lipinski definition) is 5. The molecule has 7 heteroatoms. The minimum atomic E-state index is -2.39. The maximum absolute atomic E-state index is 11.0. The van der Waals surface area contributed by atoms with E-state index < -0.39 is 10.7 Å². The first-order chi connectivity index (χ1) is 9.54. The molecular weight excluding hydrogens is 314 g/mol. The van der Waals surface area contributed by atoms with E-state index in [9.17, 15) is 13.2 Å². The second-order valence-electron chi connectivity index (χ2n) is 4.99. The smallest absolute Gasteiger partial charge is 0.302 e. The van der Waals surface area contributed by atoms with Crippen molar-refractivity contribution in [1.82, 2.24) is 5.32 Å². The molecule has 2 atom stereocenters. The summed E-state index contributed by atoms with van der Waals surface area (Å²) in [5.41, 5.74) is 1.88. The Balaban J connectivity index is 0.00000220. The van der Waals surface area contributed by atoms with Gasteiger partial charge in [-0.3, -0.25) is 4.79 Å². The number of halogens is 1. The van der Waals surface area contributed by atoms with Gasteiger partial charge in [0.15, 0.2) is 0 Å². The summed E-state index contributed by atoms with van der Waals surface area (Å²) in [6.07, 6.45) is 1.52. The first kappa shape index (κ1) is 17.9. The van der Waals surface area contributed by atoms with Crippen LogP contribution in [0.1, 0.15) is 36.9 Å². The van der Waals surface area contributed by atoms with Crippen molar-refractivity contribution in [2.45, 2.75) is 37.7 Å². The lowest BCUT2D eigenvalue weighted by Crippen LogP contribution is -2.36. The Morgan fingerprint density at radius 2 is 2.00 bits per heavy atom. The van der Waals surface area contributed by atoms with Gasteiger partial charge in [-0.2, -0.15) is 0 Å². The fourth-order valence-electron chi connectivity index (χ4n) is 2.48. The summed E-state index contributed by atoms with van der Waals surface area (Å²) < 4.78 is 26.6. The predicted molar refractivity (Wildman–Crippen MR) is 83.2 cm³/mol. The van der Waals surface area contributed by atoms with Crippen LogP contribution in [0.4, 0.5) is 0 Å². The van der Waals surface area contributed by atoms with Crippen LogP contribution in [0.15, 0.2) is 24.3 Å². The highest BCUT2D eigenvalue weighted by Gasteiger charge is 2.24. The molecule has 1 saturated heterocycles. The zero-order valence-corrected chi connectivity index (χ0v) is 13.5. The molecule has 1 fully saturated rings. The lowest BCUT2D eigenvalue weighted by molar-refractivity contribution is -0.147. The van der Waals surface area contributed by atoms with E-state index in [1.54, 1.807) is 0 Å². The summed E-state index contributed by atoms with van der Waals surface area (Å²) in [6, 6.07) is 7.67. The molecule has 0 radical (unpaired) electrons. The summed E-state index contributed by atoms with van der Waals surface area (Å²) >= 11 is 0. The maximum Gasteiger partial charge on any atom is 0.302 e. The van der Waals surface area contributed by atoms with Crippen molar-refractivity contribution in [3.05, 3.63) is 35.4 Å². The monoisotopic (exact) mass is 333 g/mol. The third kappa shape index (κ3) is 5.65. The summed E-state index contributed by atoms with van der Waals surface area (Å²) in [6.45, 7) is 2.23. The number of carbonyl (C=O) groups excluding carboxylic acids is 1. The minimum absolute atomic E-state index is 0. The summed E-state index contributed by atoms with van der Waals surface area (Å²) in [5, 5.41) is 3.39. The summed E-state index contributed by atoms with van der Waals surface area (Å²) in [7, 11) is -2.39. The number of piperidine rings is 1. The standard InChI is InChI=1S/C14H19NO4S.ClH/c1-10(16)19-13-6-7-15-14(8-13)12-4-2-11(3-5-12)9-20(17)18;/h2-5,13-15,20H,6-9H2,1H3;1H. The zero-order valence-electron chi connectivity index (χ0n) is 11.8. The van der Waals surface area contributed by atoms with Crippen LogP contribution in [0.2, 0.25) is 0 Å². The Morgan fingerprint density at radius 3 is 2.57 bits per heavy atom. The van der Waals surface area contributed by atoms with E-state index >= 15 is 0 Å². The lowest BCUT2D eigenvalue weighted by Gasteiger charge is -2.30. The molecule has 118 valence electrons. The fraction of sp³-hybridized carbons (Fsp3) is 0.500. The van der Waals surface area contributed by atoms with Gasteiger partial charge in [-0.15, -0.1) is 12.4 Å². The van der Waals surface area contributed by atoms with Gasteiger partial charge < -0.3 is 10.1 Å². The van der Waals surface area contributed by atoms with Gasteiger partial charge >= 0.3 is 5.97 Å². The number of thiol groups is 1. The molecule has 0 bridgehead atoms. The second kappa shape index (κ2) is 8.36. The van der Waals surface area contributed by atoms with Gasteiger partial charge in [-0.1, -0.05) is 24.3 Å². The Morgan fingerprint density at radius 1 is 1.33 bits per heavy atom. The van der Waals surface area contributed by atoms with Gasteiger partial charge in [0, 0.05) is 19.4 Å². The number of hydrogen-bond donors (Lipinski definition) is 2. The fourth-order valence-corrected chi connectivity index (χ4v) is 2.99. The first-order valence-corrected chi connectivity index (χ1v) is 8.02. The molecule has 0 aliphatic carbocycles. The molecule has 1 N–H and O–H groups in total. The normalized spacial score (nSPS) is 21.6. The van der Waals surface area contributed by atoms with Gasteiger partial charge in [-0.05, 0) is 24.1 Å². The average molecular weight is 334 g/mol. The van der Waals surface area contributed by atoms with Crippen LogP contribution in [-0.4, -0.2) is 27.0 Å². The number of ether oxygens (including phenoxy) is 1. The van der Waals surface area contributed by atoms with Crippen LogP contribution in [0, 0.1) is 0 Å². The highest BCUT2D eigenvalue weighted by Crippen LogP contribution is 2.25. The van der Waals surface area contributed by atoms with E-state index in [4.69, 9.17) is 4.74 Å². The SMILES string of the molecule is CC(=O)OC1CCNC(c2ccc(C[SH](=O)=O)cc2)C1.Cl. The topological polar surface area (TPSA) is 72.5 Å². The number of nitrogens with one attached hydrogen (secondary N) is 1. The zero-order chi connectivity index (χ0) is 14.5. The quantitative estimate of drug-likeness (QED) is 0.646. The van der Waals surface area contributed by atoms with Gasteiger partial charge in [0.05, 0.1) is 5.75 Å². The van der Waals surface area contributed by atoms with Crippen molar-refractivity contribution in [1.29, 1.82) is 0 Å². The molecule has 2 rings (SSSR count). The molecule has 1 aliphatic heterocycles. The highest BCUT2D eigenvalue weighted by molar-refractivity contribution is 7.71. The van der Waals surface area contributed by atoms with E-state index in [-0.39, 0.29) is 36.3 Å². The van der Waals surface area contributed by atoms with Crippen LogP contribution in [0.5, 0.6) is 0 Å². The molecule has 0 spiro atoms. The Kier molecular flexibility index (Phi) is 7.14. The van der Waals surface area contributed by atoms with Gasteiger partial charge in [0.25, 0.3) is 0 Å². The number of benzene rings is 1. The number of rotatable bonds is 4. The first-order valence-electron chi connectivity index (χ1n) is 6.66. The van der Waals surface area contributed by atoms with E-state index in [2.05, 4.69) is 5.32 Å². The van der Waals surface area contributed by atoms with E-state index in [1.807, 2.05) is 24.3 Å². The number of carbonyl (C=O) groups is 1. The Hall–Kier alpha value is -1.11. The molecule has 21 heavy (non-hydrogen) atoms. The molecule has 2 unspecified atom stereocenters. The van der Waals surface area contributed by atoms with Crippen molar-refractivity contribution in [3.63, 3.8) is 0 Å². The highest BCUT2D eigenvalue weighted by atomic mass is 35.5. The van der Waals surface area contributed by atoms with Crippen LogP contribution >= 0.6 is 12.4 Å².